The van der Waals surface area contributed by atoms with Crippen LogP contribution in [0.2, 0.25) is 0 Å². The zero-order valence-electron chi connectivity index (χ0n) is 24.2. The van der Waals surface area contributed by atoms with Gasteiger partial charge in [0.25, 0.3) is 11.5 Å². The van der Waals surface area contributed by atoms with E-state index in [0.29, 0.717) is 51.1 Å². The maximum absolute atomic E-state index is 13.5. The van der Waals surface area contributed by atoms with Gasteiger partial charge in [0.1, 0.15) is 17.1 Å². The SMILES string of the molecule is CCCc1cc(N2CCN(CCN3C(=O)NC(C)(c4ccc5c(c4)CCO5)C3=O)CC2)ncc1C(O)(C(F)(F)F)C(F)(F)F. The molecule has 2 fully saturated rings. The Kier molecular flexibility index (Phi) is 8.25. The van der Waals surface area contributed by atoms with E-state index in [0.717, 1.165) is 17.7 Å². The molecule has 0 radical (unpaired) electrons. The van der Waals surface area contributed by atoms with Crippen molar-refractivity contribution in [3.63, 3.8) is 0 Å². The van der Waals surface area contributed by atoms with Gasteiger partial charge in [-0.1, -0.05) is 19.4 Å². The van der Waals surface area contributed by atoms with Crippen LogP contribution in [-0.4, -0.2) is 90.1 Å². The first-order valence-electron chi connectivity index (χ1n) is 14.3. The molecule has 2 N–H and O–H groups in total. The number of alkyl halides is 6. The number of anilines is 1. The zero-order chi connectivity index (χ0) is 32.1. The van der Waals surface area contributed by atoms with Crippen LogP contribution in [0.5, 0.6) is 5.75 Å². The van der Waals surface area contributed by atoms with Crippen LogP contribution in [0.15, 0.2) is 30.5 Å². The monoisotopic (exact) mass is 629 g/mol. The minimum absolute atomic E-state index is 0.122. The van der Waals surface area contributed by atoms with Gasteiger partial charge in [-0.15, -0.1) is 0 Å². The Bertz CT molecular complexity index is 1410. The summed E-state index contributed by atoms with van der Waals surface area (Å²) in [5.74, 6) is 0.598. The number of imide groups is 1. The molecule has 240 valence electrons. The summed E-state index contributed by atoms with van der Waals surface area (Å²) in [6, 6.07) is 6.12. The second-order valence-corrected chi connectivity index (χ2v) is 11.4. The fourth-order valence-electron chi connectivity index (χ4n) is 5.96. The number of hydrogen-bond acceptors (Lipinski definition) is 7. The molecule has 1 unspecified atom stereocenters. The number of carbonyl (C=O) groups excluding carboxylic acids is 2. The minimum Gasteiger partial charge on any atom is -0.493 e. The van der Waals surface area contributed by atoms with Crippen LogP contribution in [0.25, 0.3) is 0 Å². The standard InChI is InChI=1S/C29H33F6N5O4/c1-3-4-18-16-23(36-17-21(18)27(43,28(30,31)32)29(33,34)35)39-11-8-38(9-12-39)10-13-40-24(41)26(2,37-25(40)42)20-5-6-22-19(15-20)7-14-44-22/h5-6,15-17,43H,3-4,7-14H2,1-2H3,(H,37,42). The van der Waals surface area contributed by atoms with E-state index in [1.165, 1.54) is 11.0 Å². The van der Waals surface area contributed by atoms with Crippen LogP contribution in [-0.2, 0) is 28.8 Å². The summed E-state index contributed by atoms with van der Waals surface area (Å²) in [6.07, 6.45) is -10.7. The molecule has 2 aromatic rings. The number of fused-ring (bicyclic) bond motifs is 1. The van der Waals surface area contributed by atoms with Gasteiger partial charge in [-0.25, -0.2) is 9.78 Å². The summed E-state index contributed by atoms with van der Waals surface area (Å²) < 4.78 is 86.8. The summed E-state index contributed by atoms with van der Waals surface area (Å²) in [5.41, 5.74) is -6.22. The maximum Gasteiger partial charge on any atom is 0.430 e. The second kappa shape index (κ2) is 11.4. The van der Waals surface area contributed by atoms with E-state index in [4.69, 9.17) is 4.74 Å². The van der Waals surface area contributed by atoms with Crippen LogP contribution in [0.1, 0.15) is 42.5 Å². The molecule has 44 heavy (non-hydrogen) atoms. The quantitative estimate of drug-likeness (QED) is 0.338. The number of halogens is 6. The number of nitrogens with zero attached hydrogens (tertiary/aromatic N) is 4. The van der Waals surface area contributed by atoms with Crippen molar-refractivity contribution in [3.8, 4) is 5.75 Å². The third kappa shape index (κ3) is 5.44. The number of ether oxygens (including phenoxy) is 1. The van der Waals surface area contributed by atoms with Crippen molar-refractivity contribution in [1.29, 1.82) is 0 Å². The Balaban J connectivity index is 1.23. The molecule has 9 nitrogen and oxygen atoms in total. The number of nitrogens with one attached hydrogen (secondary N) is 1. The van der Waals surface area contributed by atoms with E-state index in [2.05, 4.69) is 10.3 Å². The van der Waals surface area contributed by atoms with Crippen LogP contribution < -0.4 is 15.0 Å². The minimum atomic E-state index is -6.00. The molecule has 1 aromatic carbocycles. The summed E-state index contributed by atoms with van der Waals surface area (Å²) in [6.45, 7) is 5.96. The third-order valence-electron chi connectivity index (χ3n) is 8.58. The lowest BCUT2D eigenvalue weighted by molar-refractivity contribution is -0.376. The van der Waals surface area contributed by atoms with Gasteiger partial charge >= 0.3 is 18.4 Å². The number of benzene rings is 1. The van der Waals surface area contributed by atoms with Gasteiger partial charge in [-0.2, -0.15) is 26.3 Å². The summed E-state index contributed by atoms with van der Waals surface area (Å²) in [4.78, 5) is 35.0. The predicted octanol–water partition coefficient (Wildman–Crippen LogP) is 3.87. The number of rotatable bonds is 8. The van der Waals surface area contributed by atoms with E-state index in [1.54, 1.807) is 30.9 Å². The molecule has 1 atom stereocenters. The van der Waals surface area contributed by atoms with Crippen molar-refractivity contribution in [2.75, 3.05) is 50.8 Å². The Morgan fingerprint density at radius 1 is 1.02 bits per heavy atom. The van der Waals surface area contributed by atoms with Gasteiger partial charge in [0.05, 0.1) is 6.61 Å². The van der Waals surface area contributed by atoms with Gasteiger partial charge < -0.3 is 20.1 Å². The number of aryl methyl sites for hydroxylation is 1. The van der Waals surface area contributed by atoms with E-state index >= 15 is 0 Å². The lowest BCUT2D eigenvalue weighted by Crippen LogP contribution is -2.54. The lowest BCUT2D eigenvalue weighted by atomic mass is 9.88. The van der Waals surface area contributed by atoms with Crippen molar-refractivity contribution in [2.24, 2.45) is 0 Å². The molecular formula is C29H33F6N5O4. The summed E-state index contributed by atoms with van der Waals surface area (Å²) >= 11 is 0. The van der Waals surface area contributed by atoms with Crippen molar-refractivity contribution in [3.05, 3.63) is 52.7 Å². The van der Waals surface area contributed by atoms with Gasteiger partial charge in [0.2, 0.25) is 0 Å². The highest BCUT2D eigenvalue weighted by Gasteiger charge is 2.72. The van der Waals surface area contributed by atoms with Crippen LogP contribution >= 0.6 is 0 Å². The molecule has 3 amide bonds. The number of aliphatic hydroxyl groups is 1. The van der Waals surface area contributed by atoms with Crippen LogP contribution in [0, 0.1) is 0 Å². The van der Waals surface area contributed by atoms with Gasteiger partial charge in [-0.05, 0) is 48.2 Å². The van der Waals surface area contributed by atoms with Crippen molar-refractivity contribution < 1.29 is 45.8 Å². The highest BCUT2D eigenvalue weighted by molar-refractivity contribution is 6.07. The summed E-state index contributed by atoms with van der Waals surface area (Å²) in [7, 11) is 0. The lowest BCUT2D eigenvalue weighted by Gasteiger charge is -2.37. The molecular weight excluding hydrogens is 596 g/mol. The molecule has 3 aliphatic rings. The molecule has 0 bridgehead atoms. The number of amides is 3. The molecule has 5 rings (SSSR count). The first kappa shape index (κ1) is 31.8. The molecule has 15 heteroatoms. The van der Waals surface area contributed by atoms with Gasteiger partial charge in [0.15, 0.2) is 0 Å². The fraction of sp³-hybridized carbons (Fsp3) is 0.552. The zero-order valence-corrected chi connectivity index (χ0v) is 24.2. The van der Waals surface area contributed by atoms with Crippen LogP contribution in [0.3, 0.4) is 0 Å². The smallest absolute Gasteiger partial charge is 0.430 e. The average Bonchev–Trinajstić information content (AvgIpc) is 3.52. The van der Waals surface area contributed by atoms with Crippen molar-refractivity contribution in [1.82, 2.24) is 20.1 Å². The van der Waals surface area contributed by atoms with E-state index in [9.17, 15) is 41.0 Å². The molecule has 3 aliphatic heterocycles. The largest absolute Gasteiger partial charge is 0.493 e. The van der Waals surface area contributed by atoms with Gasteiger partial charge in [0, 0.05) is 57.4 Å². The van der Waals surface area contributed by atoms with Crippen LogP contribution in [0.4, 0.5) is 37.0 Å². The van der Waals surface area contributed by atoms with E-state index in [1.807, 2.05) is 11.0 Å². The second-order valence-electron chi connectivity index (χ2n) is 11.4. The number of urea groups is 1. The number of hydrogen-bond donors (Lipinski definition) is 2. The maximum atomic E-state index is 13.5. The van der Waals surface area contributed by atoms with E-state index in [-0.39, 0.29) is 36.7 Å². The Morgan fingerprint density at radius 3 is 2.34 bits per heavy atom. The summed E-state index contributed by atoms with van der Waals surface area (Å²) in [5, 5.41) is 12.8. The normalized spacial score (nSPS) is 21.5. The number of aromatic nitrogens is 1. The topological polar surface area (TPSA) is 98.2 Å². The average molecular weight is 630 g/mol. The first-order chi connectivity index (χ1) is 20.6. The Labute approximate surface area is 249 Å². The third-order valence-corrected chi connectivity index (χ3v) is 8.58. The highest BCUT2D eigenvalue weighted by Crippen LogP contribution is 2.51. The van der Waals surface area contributed by atoms with Gasteiger partial charge in [-0.3, -0.25) is 14.6 Å². The predicted molar refractivity (Wildman–Crippen MR) is 146 cm³/mol. The van der Waals surface area contributed by atoms with Crippen molar-refractivity contribution >= 4 is 17.8 Å². The molecule has 2 saturated heterocycles. The first-order valence-corrected chi connectivity index (χ1v) is 14.3. The number of pyridine rings is 1. The van der Waals surface area contributed by atoms with Crippen molar-refractivity contribution in [2.45, 2.75) is 56.6 Å². The highest BCUT2D eigenvalue weighted by atomic mass is 19.4. The molecule has 0 saturated carbocycles. The fourth-order valence-corrected chi connectivity index (χ4v) is 5.96. The molecule has 0 spiro atoms. The molecule has 4 heterocycles. The number of piperazine rings is 1. The molecule has 0 aliphatic carbocycles. The Morgan fingerprint density at radius 2 is 1.70 bits per heavy atom. The number of carbonyl (C=O) groups is 2. The Hall–Kier alpha value is -3.59. The van der Waals surface area contributed by atoms with E-state index < -0.39 is 35.1 Å². The molecule has 1 aromatic heterocycles.